The first-order valence-electron chi connectivity index (χ1n) is 9.98. The standard InChI is InChI=1S/C23H25F2N3O2/c24-19-8-9-20(21(25)17-19)23(30)26-11-10-22(29)28-15-13-27(14-16-28)12-4-7-18-5-2-1-3-6-18/h1-9,17H,10-16H2,(H,26,30)/b7-4+. The predicted octanol–water partition coefficient (Wildman–Crippen LogP) is 2.94. The third-order valence-electron chi connectivity index (χ3n) is 5.00. The van der Waals surface area contributed by atoms with Crippen LogP contribution >= 0.6 is 0 Å². The summed E-state index contributed by atoms with van der Waals surface area (Å²) in [6, 6.07) is 12.9. The third-order valence-corrected chi connectivity index (χ3v) is 5.00. The Morgan fingerprint density at radius 2 is 1.73 bits per heavy atom. The van der Waals surface area contributed by atoms with E-state index in [-0.39, 0.29) is 24.4 Å². The lowest BCUT2D eigenvalue weighted by molar-refractivity contribution is -0.132. The molecule has 1 saturated heterocycles. The molecule has 0 aromatic heterocycles. The SMILES string of the molecule is O=C(NCCC(=O)N1CCN(C/C=C/c2ccccc2)CC1)c1ccc(F)cc1F. The molecule has 1 aliphatic rings. The molecule has 2 aromatic carbocycles. The third kappa shape index (κ3) is 6.22. The van der Waals surface area contributed by atoms with Crippen molar-refractivity contribution in [2.24, 2.45) is 0 Å². The fraction of sp³-hybridized carbons (Fsp3) is 0.304. The molecule has 0 unspecified atom stereocenters. The van der Waals surface area contributed by atoms with E-state index in [1.165, 1.54) is 0 Å². The smallest absolute Gasteiger partial charge is 0.254 e. The van der Waals surface area contributed by atoms with Crippen LogP contribution in [0.4, 0.5) is 8.78 Å². The van der Waals surface area contributed by atoms with Crippen molar-refractivity contribution < 1.29 is 18.4 Å². The molecular weight excluding hydrogens is 388 g/mol. The van der Waals surface area contributed by atoms with Gasteiger partial charge in [0.25, 0.3) is 5.91 Å². The maximum atomic E-state index is 13.6. The largest absolute Gasteiger partial charge is 0.351 e. The maximum Gasteiger partial charge on any atom is 0.254 e. The maximum absolute atomic E-state index is 13.6. The second-order valence-electron chi connectivity index (χ2n) is 7.12. The second-order valence-corrected chi connectivity index (χ2v) is 7.12. The highest BCUT2D eigenvalue weighted by molar-refractivity contribution is 5.94. The van der Waals surface area contributed by atoms with Gasteiger partial charge in [0, 0.05) is 51.8 Å². The zero-order valence-corrected chi connectivity index (χ0v) is 16.7. The second kappa shape index (κ2) is 10.6. The van der Waals surface area contributed by atoms with E-state index in [1.807, 2.05) is 18.2 Å². The average molecular weight is 413 g/mol. The van der Waals surface area contributed by atoms with Crippen molar-refractivity contribution in [3.63, 3.8) is 0 Å². The van der Waals surface area contributed by atoms with Gasteiger partial charge in [-0.25, -0.2) is 8.78 Å². The highest BCUT2D eigenvalue weighted by Gasteiger charge is 2.20. The molecule has 1 N–H and O–H groups in total. The Morgan fingerprint density at radius 3 is 2.43 bits per heavy atom. The summed E-state index contributed by atoms with van der Waals surface area (Å²) in [5, 5.41) is 2.51. The van der Waals surface area contributed by atoms with Gasteiger partial charge in [-0.1, -0.05) is 42.5 Å². The van der Waals surface area contributed by atoms with Crippen LogP contribution in [0.2, 0.25) is 0 Å². The van der Waals surface area contributed by atoms with Crippen molar-refractivity contribution in [1.29, 1.82) is 0 Å². The van der Waals surface area contributed by atoms with Crippen LogP contribution in [0.1, 0.15) is 22.3 Å². The highest BCUT2D eigenvalue weighted by atomic mass is 19.1. The molecule has 30 heavy (non-hydrogen) atoms. The van der Waals surface area contributed by atoms with Crippen LogP contribution in [0.15, 0.2) is 54.6 Å². The summed E-state index contributed by atoms with van der Waals surface area (Å²) in [7, 11) is 0. The molecule has 3 rings (SSSR count). The minimum Gasteiger partial charge on any atom is -0.351 e. The van der Waals surface area contributed by atoms with Crippen LogP contribution < -0.4 is 5.32 Å². The number of halogens is 2. The summed E-state index contributed by atoms with van der Waals surface area (Å²) < 4.78 is 26.5. The van der Waals surface area contributed by atoms with E-state index in [0.717, 1.165) is 37.3 Å². The number of hydrogen-bond acceptors (Lipinski definition) is 3. The van der Waals surface area contributed by atoms with E-state index in [0.29, 0.717) is 19.2 Å². The summed E-state index contributed by atoms with van der Waals surface area (Å²) in [5.74, 6) is -2.37. The van der Waals surface area contributed by atoms with Gasteiger partial charge < -0.3 is 10.2 Å². The number of amides is 2. The number of benzene rings is 2. The lowest BCUT2D eigenvalue weighted by Gasteiger charge is -2.34. The van der Waals surface area contributed by atoms with Crippen LogP contribution in [-0.2, 0) is 4.79 Å². The summed E-state index contributed by atoms with van der Waals surface area (Å²) >= 11 is 0. The van der Waals surface area contributed by atoms with E-state index in [9.17, 15) is 18.4 Å². The Bertz CT molecular complexity index is 895. The van der Waals surface area contributed by atoms with Crippen molar-refractivity contribution in [1.82, 2.24) is 15.1 Å². The van der Waals surface area contributed by atoms with Gasteiger partial charge in [0.1, 0.15) is 11.6 Å². The fourth-order valence-corrected chi connectivity index (χ4v) is 3.29. The summed E-state index contributed by atoms with van der Waals surface area (Å²) in [4.78, 5) is 28.4. The first-order valence-corrected chi connectivity index (χ1v) is 9.98. The number of nitrogens with one attached hydrogen (secondary N) is 1. The van der Waals surface area contributed by atoms with Crippen LogP contribution in [0, 0.1) is 11.6 Å². The molecule has 1 aliphatic heterocycles. The van der Waals surface area contributed by atoms with Crippen molar-refractivity contribution in [3.8, 4) is 0 Å². The number of rotatable bonds is 7. The van der Waals surface area contributed by atoms with E-state index in [2.05, 4.69) is 34.5 Å². The Labute approximate surface area is 175 Å². The van der Waals surface area contributed by atoms with Gasteiger partial charge >= 0.3 is 0 Å². The Kier molecular flexibility index (Phi) is 7.68. The molecule has 7 heteroatoms. The van der Waals surface area contributed by atoms with Gasteiger partial charge in [-0.05, 0) is 17.7 Å². The van der Waals surface area contributed by atoms with Crippen molar-refractivity contribution in [2.45, 2.75) is 6.42 Å². The highest BCUT2D eigenvalue weighted by Crippen LogP contribution is 2.10. The molecule has 0 spiro atoms. The van der Waals surface area contributed by atoms with Crippen LogP contribution in [0.5, 0.6) is 0 Å². The van der Waals surface area contributed by atoms with Gasteiger partial charge in [-0.15, -0.1) is 0 Å². The first-order chi connectivity index (χ1) is 14.5. The summed E-state index contributed by atoms with van der Waals surface area (Å²) in [6.45, 7) is 3.79. The number of hydrogen-bond donors (Lipinski definition) is 1. The normalized spacial score (nSPS) is 14.8. The lowest BCUT2D eigenvalue weighted by Crippen LogP contribution is -2.49. The molecule has 2 amide bonds. The fourth-order valence-electron chi connectivity index (χ4n) is 3.29. The van der Waals surface area contributed by atoms with Crippen LogP contribution in [0.25, 0.3) is 6.08 Å². The summed E-state index contributed by atoms with van der Waals surface area (Å²) in [5.41, 5.74) is 0.926. The Balaban J connectivity index is 1.36. The molecule has 0 bridgehead atoms. The molecule has 0 atom stereocenters. The molecule has 0 aliphatic carbocycles. The van der Waals surface area contributed by atoms with Crippen molar-refractivity contribution >= 4 is 17.9 Å². The van der Waals surface area contributed by atoms with E-state index in [1.54, 1.807) is 4.90 Å². The molecule has 158 valence electrons. The van der Waals surface area contributed by atoms with Crippen molar-refractivity contribution in [2.75, 3.05) is 39.3 Å². The van der Waals surface area contributed by atoms with E-state index < -0.39 is 17.5 Å². The quantitative estimate of drug-likeness (QED) is 0.760. The number of carbonyl (C=O) groups excluding carboxylic acids is 2. The molecule has 2 aromatic rings. The number of carbonyl (C=O) groups is 2. The zero-order chi connectivity index (χ0) is 21.3. The van der Waals surface area contributed by atoms with Gasteiger partial charge in [0.2, 0.25) is 5.91 Å². The molecule has 1 fully saturated rings. The minimum absolute atomic E-state index is 0.0469. The predicted molar refractivity (Wildman–Crippen MR) is 112 cm³/mol. The number of piperazine rings is 1. The summed E-state index contributed by atoms with van der Waals surface area (Å²) in [6.07, 6.45) is 4.35. The first kappa shape index (κ1) is 21.6. The molecule has 5 nitrogen and oxygen atoms in total. The van der Waals surface area contributed by atoms with E-state index in [4.69, 9.17) is 0 Å². The Hall–Kier alpha value is -3.06. The lowest BCUT2D eigenvalue weighted by atomic mass is 10.2. The zero-order valence-electron chi connectivity index (χ0n) is 16.7. The Morgan fingerprint density at radius 1 is 1.00 bits per heavy atom. The van der Waals surface area contributed by atoms with Crippen LogP contribution in [0.3, 0.4) is 0 Å². The van der Waals surface area contributed by atoms with E-state index >= 15 is 0 Å². The van der Waals surface area contributed by atoms with Crippen LogP contribution in [-0.4, -0.2) is 60.9 Å². The average Bonchev–Trinajstić information content (AvgIpc) is 2.75. The van der Waals surface area contributed by atoms with Crippen molar-refractivity contribution in [3.05, 3.63) is 77.4 Å². The monoisotopic (exact) mass is 413 g/mol. The van der Waals surface area contributed by atoms with Gasteiger partial charge in [0.15, 0.2) is 0 Å². The van der Waals surface area contributed by atoms with Gasteiger partial charge in [-0.2, -0.15) is 0 Å². The molecule has 1 heterocycles. The topological polar surface area (TPSA) is 52.7 Å². The number of nitrogens with zero attached hydrogens (tertiary/aromatic N) is 2. The van der Waals surface area contributed by atoms with Gasteiger partial charge in [0.05, 0.1) is 5.56 Å². The van der Waals surface area contributed by atoms with Gasteiger partial charge in [-0.3, -0.25) is 14.5 Å². The minimum atomic E-state index is -0.920. The molecule has 0 radical (unpaired) electrons. The molecular formula is C23H25F2N3O2. The molecule has 0 saturated carbocycles.